The number of aromatic nitrogens is 2. The van der Waals surface area contributed by atoms with Crippen LogP contribution in [0.4, 0.5) is 0 Å². The first-order valence-electron chi connectivity index (χ1n) is 7.15. The topological polar surface area (TPSA) is 46.0 Å². The molecule has 1 aromatic rings. The van der Waals surface area contributed by atoms with E-state index in [1.165, 1.54) is 12.8 Å². The van der Waals surface area contributed by atoms with Crippen LogP contribution in [0.25, 0.3) is 0 Å². The summed E-state index contributed by atoms with van der Waals surface area (Å²) < 4.78 is 7.59. The Morgan fingerprint density at radius 2 is 2.26 bits per heavy atom. The molecule has 0 amide bonds. The van der Waals surface area contributed by atoms with Crippen LogP contribution < -0.4 is 4.57 Å². The standard InChI is InChI=1S/C15H22N2O2/c1-14(2)11-4-5-15(14,3)12(8-11)19-13(18)9-17-7-6-16-10-17/h6-7,10-12H,4-5,8-9H2,1-3H3/p+1/t11-,12-,15-/m1/s1. The van der Waals surface area contributed by atoms with Gasteiger partial charge in [0.15, 0.2) is 6.54 Å². The molecule has 2 aliphatic rings. The second-order valence-electron chi connectivity index (χ2n) is 6.87. The molecule has 3 rings (SSSR count). The Hall–Kier alpha value is -1.32. The zero-order valence-electron chi connectivity index (χ0n) is 12.0. The van der Waals surface area contributed by atoms with E-state index in [0.29, 0.717) is 17.9 Å². The summed E-state index contributed by atoms with van der Waals surface area (Å²) >= 11 is 0. The van der Waals surface area contributed by atoms with Gasteiger partial charge in [-0.1, -0.05) is 20.8 Å². The van der Waals surface area contributed by atoms with Gasteiger partial charge < -0.3 is 4.74 Å². The highest BCUT2D eigenvalue weighted by Gasteiger charge is 2.62. The molecule has 0 radical (unpaired) electrons. The maximum Gasteiger partial charge on any atom is 0.348 e. The van der Waals surface area contributed by atoms with Gasteiger partial charge in [-0.2, -0.15) is 0 Å². The summed E-state index contributed by atoms with van der Waals surface area (Å²) in [5, 5.41) is 0. The van der Waals surface area contributed by atoms with Crippen LogP contribution in [0.15, 0.2) is 18.7 Å². The SMILES string of the molecule is CC1(C)[C@@H]2CC[C@]1(C)[C@H](OC(=O)C[n+]1cc[nH]c1)C2. The van der Waals surface area contributed by atoms with Gasteiger partial charge in [-0.25, -0.2) is 9.36 Å². The van der Waals surface area contributed by atoms with E-state index in [0.717, 1.165) is 6.42 Å². The molecule has 104 valence electrons. The van der Waals surface area contributed by atoms with Gasteiger partial charge in [-0.05, 0) is 30.6 Å². The number of nitrogens with zero attached hydrogens (tertiary/aromatic N) is 1. The molecule has 1 heterocycles. The fourth-order valence-corrected chi connectivity index (χ4v) is 4.07. The molecule has 3 atom stereocenters. The van der Waals surface area contributed by atoms with Crippen LogP contribution >= 0.6 is 0 Å². The van der Waals surface area contributed by atoms with Crippen molar-refractivity contribution in [2.45, 2.75) is 52.7 Å². The molecule has 0 aliphatic heterocycles. The number of hydrogen-bond acceptors (Lipinski definition) is 2. The smallest absolute Gasteiger partial charge is 0.348 e. The average Bonchev–Trinajstić information content (AvgIpc) is 2.95. The van der Waals surface area contributed by atoms with E-state index in [-0.39, 0.29) is 17.5 Å². The van der Waals surface area contributed by atoms with Crippen molar-refractivity contribution in [3.05, 3.63) is 18.7 Å². The zero-order valence-corrected chi connectivity index (χ0v) is 12.0. The molecule has 4 heteroatoms. The third-order valence-electron chi connectivity index (χ3n) is 5.90. The van der Waals surface area contributed by atoms with Crippen LogP contribution in [-0.2, 0) is 16.1 Å². The molecule has 1 aromatic heterocycles. The van der Waals surface area contributed by atoms with Crippen molar-refractivity contribution in [1.29, 1.82) is 0 Å². The van der Waals surface area contributed by atoms with E-state index in [4.69, 9.17) is 4.74 Å². The van der Waals surface area contributed by atoms with Gasteiger partial charge in [0, 0.05) is 5.41 Å². The first-order valence-corrected chi connectivity index (χ1v) is 7.15. The highest BCUT2D eigenvalue weighted by molar-refractivity contribution is 5.68. The van der Waals surface area contributed by atoms with E-state index < -0.39 is 0 Å². The van der Waals surface area contributed by atoms with E-state index >= 15 is 0 Å². The molecular weight excluding hydrogens is 240 g/mol. The van der Waals surface area contributed by atoms with Crippen molar-refractivity contribution in [2.24, 2.45) is 16.7 Å². The number of carbonyl (C=O) groups is 1. The molecular formula is C15H23N2O2+. The summed E-state index contributed by atoms with van der Waals surface area (Å²) in [5.41, 5.74) is 0.440. The number of rotatable bonds is 3. The number of ether oxygens (including phenoxy) is 1. The first kappa shape index (κ1) is 12.7. The minimum atomic E-state index is -0.126. The Labute approximate surface area is 114 Å². The van der Waals surface area contributed by atoms with Crippen molar-refractivity contribution >= 4 is 5.97 Å². The van der Waals surface area contributed by atoms with Gasteiger partial charge in [0.2, 0.25) is 6.33 Å². The monoisotopic (exact) mass is 263 g/mol. The molecule has 0 saturated heterocycles. The number of fused-ring (bicyclic) bond motifs is 2. The van der Waals surface area contributed by atoms with Crippen LogP contribution in [-0.4, -0.2) is 17.1 Å². The molecule has 0 aromatic carbocycles. The minimum absolute atomic E-state index is 0.0910. The van der Waals surface area contributed by atoms with Gasteiger partial charge in [-0.15, -0.1) is 0 Å². The molecule has 19 heavy (non-hydrogen) atoms. The number of nitrogens with one attached hydrogen (secondary N) is 1. The van der Waals surface area contributed by atoms with Gasteiger partial charge in [0.1, 0.15) is 18.5 Å². The quantitative estimate of drug-likeness (QED) is 0.670. The van der Waals surface area contributed by atoms with Gasteiger partial charge in [-0.3, -0.25) is 4.98 Å². The fraction of sp³-hybridized carbons (Fsp3) is 0.733. The van der Waals surface area contributed by atoms with Crippen LogP contribution in [0.3, 0.4) is 0 Å². The summed E-state index contributed by atoms with van der Waals surface area (Å²) in [5.74, 6) is 0.578. The fourth-order valence-electron chi connectivity index (χ4n) is 4.07. The van der Waals surface area contributed by atoms with Crippen LogP contribution in [0.1, 0.15) is 40.0 Å². The molecule has 1 N–H and O–H groups in total. The molecule has 2 fully saturated rings. The molecule has 2 saturated carbocycles. The molecule has 2 aliphatic carbocycles. The highest BCUT2D eigenvalue weighted by Crippen LogP contribution is 2.66. The predicted octanol–water partition coefficient (Wildman–Crippen LogP) is 2.06. The molecule has 0 unspecified atom stereocenters. The van der Waals surface area contributed by atoms with Crippen molar-refractivity contribution in [1.82, 2.24) is 4.98 Å². The van der Waals surface area contributed by atoms with E-state index in [1.54, 1.807) is 12.5 Å². The summed E-state index contributed by atoms with van der Waals surface area (Å²) in [6.07, 6.45) is 9.00. The number of esters is 1. The van der Waals surface area contributed by atoms with E-state index in [9.17, 15) is 4.79 Å². The Morgan fingerprint density at radius 3 is 2.79 bits per heavy atom. The molecule has 2 bridgehead atoms. The summed E-state index contributed by atoms with van der Waals surface area (Å²) in [6, 6.07) is 0. The number of hydrogen-bond donors (Lipinski definition) is 1. The number of aromatic amines is 1. The largest absolute Gasteiger partial charge is 0.459 e. The van der Waals surface area contributed by atoms with Gasteiger partial charge in [0.05, 0.1) is 0 Å². The summed E-state index contributed by atoms with van der Waals surface area (Å²) in [4.78, 5) is 15.0. The predicted molar refractivity (Wildman–Crippen MR) is 70.1 cm³/mol. The van der Waals surface area contributed by atoms with Crippen LogP contribution in [0, 0.1) is 16.7 Å². The minimum Gasteiger partial charge on any atom is -0.459 e. The Morgan fingerprint density at radius 1 is 1.47 bits per heavy atom. The number of carbonyl (C=O) groups excluding carboxylic acids is 1. The zero-order chi connectivity index (χ0) is 13.7. The Kier molecular flexibility index (Phi) is 2.73. The number of H-pyrrole nitrogens is 1. The lowest BCUT2D eigenvalue weighted by atomic mass is 9.70. The summed E-state index contributed by atoms with van der Waals surface area (Å²) in [7, 11) is 0. The molecule has 0 spiro atoms. The van der Waals surface area contributed by atoms with Crippen molar-refractivity contribution in [3.8, 4) is 0 Å². The van der Waals surface area contributed by atoms with Crippen molar-refractivity contribution in [2.75, 3.05) is 0 Å². The summed E-state index contributed by atoms with van der Waals surface area (Å²) in [6.45, 7) is 7.25. The Bertz CT molecular complexity index is 480. The van der Waals surface area contributed by atoms with Crippen LogP contribution in [0.5, 0.6) is 0 Å². The third kappa shape index (κ3) is 1.80. The van der Waals surface area contributed by atoms with Gasteiger partial charge in [0.25, 0.3) is 0 Å². The lowest BCUT2D eigenvalue weighted by Gasteiger charge is -2.38. The third-order valence-corrected chi connectivity index (χ3v) is 5.90. The van der Waals surface area contributed by atoms with Crippen molar-refractivity contribution in [3.63, 3.8) is 0 Å². The second kappa shape index (κ2) is 4.09. The maximum absolute atomic E-state index is 12.0. The van der Waals surface area contributed by atoms with Gasteiger partial charge >= 0.3 is 5.97 Å². The Balaban J connectivity index is 1.67. The van der Waals surface area contributed by atoms with E-state index in [2.05, 4.69) is 25.8 Å². The lowest BCUT2D eigenvalue weighted by Crippen LogP contribution is -2.42. The maximum atomic E-state index is 12.0. The average molecular weight is 263 g/mol. The van der Waals surface area contributed by atoms with Crippen molar-refractivity contribution < 1.29 is 14.1 Å². The normalized spacial score (nSPS) is 35.5. The highest BCUT2D eigenvalue weighted by atomic mass is 16.5. The molecule has 4 nitrogen and oxygen atoms in total. The van der Waals surface area contributed by atoms with Crippen LogP contribution in [0.2, 0.25) is 0 Å². The first-order chi connectivity index (χ1) is 8.93. The number of imidazole rings is 1. The van der Waals surface area contributed by atoms with E-state index in [1.807, 2.05) is 10.8 Å². The second-order valence-corrected chi connectivity index (χ2v) is 6.87. The lowest BCUT2D eigenvalue weighted by molar-refractivity contribution is -0.684.